The topological polar surface area (TPSA) is 38.3 Å². The predicted octanol–water partition coefficient (Wildman–Crippen LogP) is 4.81. The molecule has 0 fully saturated rings. The summed E-state index contributed by atoms with van der Waals surface area (Å²) < 4.78 is 5.41. The first-order chi connectivity index (χ1) is 10.1. The van der Waals surface area contributed by atoms with Gasteiger partial charge in [0.1, 0.15) is 12.4 Å². The molecule has 2 aromatic rings. The highest BCUT2D eigenvalue weighted by Gasteiger charge is 2.08. The van der Waals surface area contributed by atoms with Gasteiger partial charge in [0, 0.05) is 27.4 Å². The molecule has 0 unspecified atom stereocenters. The summed E-state index contributed by atoms with van der Waals surface area (Å²) in [6.07, 6.45) is 1.65. The average Bonchev–Trinajstić information content (AvgIpc) is 2.44. The highest BCUT2D eigenvalue weighted by atomic mass is 35.5. The number of ether oxygens (including phenoxy) is 1. The van der Waals surface area contributed by atoms with Crippen molar-refractivity contribution in [1.82, 2.24) is 0 Å². The summed E-state index contributed by atoms with van der Waals surface area (Å²) in [7, 11) is 0. The van der Waals surface area contributed by atoms with Crippen LogP contribution in [0.4, 0.5) is 5.69 Å². The molecule has 1 amide bonds. The van der Waals surface area contributed by atoms with Gasteiger partial charge in [0.2, 0.25) is 0 Å². The van der Waals surface area contributed by atoms with Crippen molar-refractivity contribution >= 4 is 34.8 Å². The van der Waals surface area contributed by atoms with Gasteiger partial charge in [-0.1, -0.05) is 41.9 Å². The number of hydrogen-bond donors (Lipinski definition) is 1. The van der Waals surface area contributed by atoms with Crippen LogP contribution in [-0.2, 0) is 0 Å². The smallest absolute Gasteiger partial charge is 0.255 e. The molecule has 0 aliphatic rings. The lowest BCUT2D eigenvalue weighted by Gasteiger charge is -2.08. The van der Waals surface area contributed by atoms with E-state index in [1.165, 1.54) is 0 Å². The second-order valence-corrected chi connectivity index (χ2v) is 5.11. The van der Waals surface area contributed by atoms with Gasteiger partial charge in [0.15, 0.2) is 0 Å². The molecule has 0 aromatic heterocycles. The molecule has 0 spiro atoms. The van der Waals surface area contributed by atoms with Gasteiger partial charge < -0.3 is 10.1 Å². The Bertz CT molecular complexity index is 651. The van der Waals surface area contributed by atoms with Crippen LogP contribution in [0.1, 0.15) is 10.4 Å². The minimum atomic E-state index is -0.291. The van der Waals surface area contributed by atoms with Crippen LogP contribution >= 0.6 is 23.2 Å². The van der Waals surface area contributed by atoms with Crippen molar-refractivity contribution in [3.63, 3.8) is 0 Å². The Labute approximate surface area is 133 Å². The van der Waals surface area contributed by atoms with Crippen LogP contribution in [-0.4, -0.2) is 12.5 Å². The molecular weight excluding hydrogens is 309 g/mol. The number of amides is 1. The van der Waals surface area contributed by atoms with Gasteiger partial charge in [-0.05, 0) is 30.3 Å². The van der Waals surface area contributed by atoms with Gasteiger partial charge >= 0.3 is 0 Å². The van der Waals surface area contributed by atoms with Crippen LogP contribution in [0.2, 0.25) is 10.0 Å². The lowest BCUT2D eigenvalue weighted by molar-refractivity contribution is 0.102. The van der Waals surface area contributed by atoms with E-state index in [9.17, 15) is 4.79 Å². The van der Waals surface area contributed by atoms with Gasteiger partial charge in [-0.2, -0.15) is 0 Å². The SMILES string of the molecule is C=CCOc1cccc(NC(=O)c2cc(Cl)cc(Cl)c2)c1. The Kier molecular flexibility index (Phi) is 5.26. The van der Waals surface area contributed by atoms with E-state index in [2.05, 4.69) is 11.9 Å². The highest BCUT2D eigenvalue weighted by Crippen LogP contribution is 2.21. The van der Waals surface area contributed by atoms with Crippen molar-refractivity contribution in [2.24, 2.45) is 0 Å². The van der Waals surface area contributed by atoms with Gasteiger partial charge in [0.05, 0.1) is 0 Å². The van der Waals surface area contributed by atoms with E-state index in [4.69, 9.17) is 27.9 Å². The van der Waals surface area contributed by atoms with Gasteiger partial charge in [-0.3, -0.25) is 4.79 Å². The van der Waals surface area contributed by atoms with E-state index < -0.39 is 0 Å². The van der Waals surface area contributed by atoms with Crippen molar-refractivity contribution in [1.29, 1.82) is 0 Å². The van der Waals surface area contributed by atoms with Gasteiger partial charge in [0.25, 0.3) is 5.91 Å². The maximum Gasteiger partial charge on any atom is 0.255 e. The van der Waals surface area contributed by atoms with Gasteiger partial charge in [-0.15, -0.1) is 0 Å². The van der Waals surface area contributed by atoms with E-state index in [0.717, 1.165) is 0 Å². The number of hydrogen-bond acceptors (Lipinski definition) is 2. The second kappa shape index (κ2) is 7.16. The third-order valence-electron chi connectivity index (χ3n) is 2.58. The Morgan fingerprint density at radius 3 is 2.57 bits per heavy atom. The van der Waals surface area contributed by atoms with Crippen LogP contribution in [0, 0.1) is 0 Å². The van der Waals surface area contributed by atoms with E-state index in [1.807, 2.05) is 0 Å². The molecule has 0 atom stereocenters. The predicted molar refractivity (Wildman–Crippen MR) is 86.5 cm³/mol. The van der Waals surface area contributed by atoms with Crippen LogP contribution in [0.3, 0.4) is 0 Å². The highest BCUT2D eigenvalue weighted by molar-refractivity contribution is 6.35. The lowest BCUT2D eigenvalue weighted by atomic mass is 10.2. The number of halogens is 2. The minimum absolute atomic E-state index is 0.291. The summed E-state index contributed by atoms with van der Waals surface area (Å²) in [5, 5.41) is 3.59. The van der Waals surface area contributed by atoms with Crippen LogP contribution in [0.15, 0.2) is 55.1 Å². The second-order valence-electron chi connectivity index (χ2n) is 4.24. The maximum atomic E-state index is 12.2. The number of benzene rings is 2. The number of carbonyl (C=O) groups excluding carboxylic acids is 1. The zero-order chi connectivity index (χ0) is 15.2. The molecule has 1 N–H and O–H groups in total. The summed E-state index contributed by atoms with van der Waals surface area (Å²) in [6.45, 7) is 3.99. The fourth-order valence-corrected chi connectivity index (χ4v) is 2.23. The van der Waals surface area contributed by atoms with Crippen LogP contribution in [0.25, 0.3) is 0 Å². The van der Waals surface area contributed by atoms with Crippen molar-refractivity contribution < 1.29 is 9.53 Å². The molecule has 3 nitrogen and oxygen atoms in total. The number of nitrogens with one attached hydrogen (secondary N) is 1. The Balaban J connectivity index is 2.13. The molecule has 108 valence electrons. The summed E-state index contributed by atoms with van der Waals surface area (Å²) in [5.41, 5.74) is 1.02. The van der Waals surface area contributed by atoms with Crippen LogP contribution in [0.5, 0.6) is 5.75 Å². The van der Waals surface area contributed by atoms with E-state index in [0.29, 0.717) is 33.7 Å². The number of carbonyl (C=O) groups is 1. The minimum Gasteiger partial charge on any atom is -0.489 e. The van der Waals surface area contributed by atoms with Gasteiger partial charge in [-0.25, -0.2) is 0 Å². The third-order valence-corrected chi connectivity index (χ3v) is 3.02. The van der Waals surface area contributed by atoms with Crippen LogP contribution < -0.4 is 10.1 Å². The Hall–Kier alpha value is -1.97. The molecule has 2 aromatic carbocycles. The summed E-state index contributed by atoms with van der Waals surface area (Å²) in [5.74, 6) is 0.358. The third kappa shape index (κ3) is 4.52. The van der Waals surface area contributed by atoms with E-state index in [-0.39, 0.29) is 5.91 Å². The summed E-state index contributed by atoms with van der Waals surface area (Å²) in [4.78, 5) is 12.2. The summed E-state index contributed by atoms with van der Waals surface area (Å²) in [6, 6.07) is 11.8. The molecule has 0 heterocycles. The largest absolute Gasteiger partial charge is 0.489 e. The monoisotopic (exact) mass is 321 g/mol. The first kappa shape index (κ1) is 15.4. The first-order valence-electron chi connectivity index (χ1n) is 6.19. The Morgan fingerprint density at radius 2 is 1.90 bits per heavy atom. The average molecular weight is 322 g/mol. The Morgan fingerprint density at radius 1 is 1.19 bits per heavy atom. The number of rotatable bonds is 5. The maximum absolute atomic E-state index is 12.2. The van der Waals surface area contributed by atoms with E-state index >= 15 is 0 Å². The molecule has 0 bridgehead atoms. The fraction of sp³-hybridized carbons (Fsp3) is 0.0625. The quantitative estimate of drug-likeness (QED) is 0.802. The van der Waals surface area contributed by atoms with Crippen molar-refractivity contribution in [3.05, 3.63) is 70.7 Å². The number of anilines is 1. The fourth-order valence-electron chi connectivity index (χ4n) is 1.71. The van der Waals surface area contributed by atoms with Crippen molar-refractivity contribution in [3.8, 4) is 5.75 Å². The standard InChI is InChI=1S/C16H13Cl2NO2/c1-2-6-21-15-5-3-4-14(10-15)19-16(20)11-7-12(17)9-13(18)8-11/h2-5,7-10H,1,6H2,(H,19,20). The molecule has 0 saturated carbocycles. The molecule has 0 aliphatic carbocycles. The normalized spacial score (nSPS) is 10.0. The molecule has 21 heavy (non-hydrogen) atoms. The molecule has 2 rings (SSSR count). The van der Waals surface area contributed by atoms with Crippen molar-refractivity contribution in [2.75, 3.05) is 11.9 Å². The molecule has 0 saturated heterocycles. The molecule has 0 aliphatic heterocycles. The van der Waals surface area contributed by atoms with E-state index in [1.54, 1.807) is 48.5 Å². The zero-order valence-electron chi connectivity index (χ0n) is 11.1. The lowest BCUT2D eigenvalue weighted by Crippen LogP contribution is -2.12. The molecule has 5 heteroatoms. The molecule has 0 radical (unpaired) electrons. The first-order valence-corrected chi connectivity index (χ1v) is 6.95. The molecular formula is C16H13Cl2NO2. The summed E-state index contributed by atoms with van der Waals surface area (Å²) >= 11 is 11.8. The zero-order valence-corrected chi connectivity index (χ0v) is 12.6. The van der Waals surface area contributed by atoms with Crippen molar-refractivity contribution in [2.45, 2.75) is 0 Å².